The van der Waals surface area contributed by atoms with E-state index in [0.717, 1.165) is 24.8 Å². The first-order chi connectivity index (χ1) is 16.5. The lowest BCUT2D eigenvalue weighted by atomic mass is 9.97. The van der Waals surface area contributed by atoms with Crippen molar-refractivity contribution in [3.05, 3.63) is 82.2 Å². The summed E-state index contributed by atoms with van der Waals surface area (Å²) in [7, 11) is 0. The maximum atomic E-state index is 13.3. The topological polar surface area (TPSA) is 55.2 Å². The van der Waals surface area contributed by atoms with Gasteiger partial charge in [0.05, 0.1) is 16.7 Å². The molecule has 0 saturated carbocycles. The molecule has 1 aliphatic carbocycles. The number of hydrogen-bond donors (Lipinski definition) is 0. The molecule has 2 aromatic carbocycles. The van der Waals surface area contributed by atoms with E-state index in [1.165, 1.54) is 30.2 Å². The van der Waals surface area contributed by atoms with Crippen molar-refractivity contribution in [3.8, 4) is 0 Å². The highest BCUT2D eigenvalue weighted by Gasteiger charge is 2.20. The van der Waals surface area contributed by atoms with E-state index in [0.29, 0.717) is 29.1 Å². The second kappa shape index (κ2) is 11.5. The van der Waals surface area contributed by atoms with Crippen LogP contribution >= 0.6 is 11.8 Å². The van der Waals surface area contributed by atoms with Gasteiger partial charge < -0.3 is 4.90 Å². The first kappa shape index (κ1) is 24.3. The highest BCUT2D eigenvalue weighted by atomic mass is 32.2. The van der Waals surface area contributed by atoms with Crippen molar-refractivity contribution < 1.29 is 4.79 Å². The van der Waals surface area contributed by atoms with Gasteiger partial charge in [-0.15, -0.1) is 0 Å². The lowest BCUT2D eigenvalue weighted by Gasteiger charge is -2.27. The van der Waals surface area contributed by atoms with Crippen LogP contribution in [0.25, 0.3) is 10.9 Å². The maximum absolute atomic E-state index is 13.3. The minimum absolute atomic E-state index is 0.0260. The average molecular weight is 476 g/mol. The van der Waals surface area contributed by atoms with Gasteiger partial charge in [0.15, 0.2) is 5.16 Å². The number of carbonyl (C=O) groups is 1. The van der Waals surface area contributed by atoms with Crippen LogP contribution in [-0.2, 0) is 17.9 Å². The van der Waals surface area contributed by atoms with Crippen molar-refractivity contribution in [2.24, 2.45) is 0 Å². The molecule has 0 saturated heterocycles. The third kappa shape index (κ3) is 5.98. The van der Waals surface area contributed by atoms with Crippen molar-refractivity contribution in [1.29, 1.82) is 0 Å². The second-order valence-electron chi connectivity index (χ2n) is 9.12. The molecule has 4 rings (SSSR count). The van der Waals surface area contributed by atoms with Crippen LogP contribution in [0.3, 0.4) is 0 Å². The number of rotatable bonds is 9. The Labute approximate surface area is 205 Å². The number of nitrogens with zero attached hydrogens (tertiary/aromatic N) is 3. The van der Waals surface area contributed by atoms with Crippen LogP contribution < -0.4 is 5.56 Å². The summed E-state index contributed by atoms with van der Waals surface area (Å²) in [5.74, 6) is 0.297. The Morgan fingerprint density at radius 1 is 1.09 bits per heavy atom. The number of carbonyl (C=O) groups excluding carboxylic acids is 1. The fourth-order valence-electron chi connectivity index (χ4n) is 4.39. The molecule has 0 N–H and O–H groups in total. The highest BCUT2D eigenvalue weighted by molar-refractivity contribution is 7.99. The van der Waals surface area contributed by atoms with Crippen molar-refractivity contribution >= 4 is 28.6 Å². The van der Waals surface area contributed by atoms with E-state index in [1.807, 2.05) is 73.3 Å². The summed E-state index contributed by atoms with van der Waals surface area (Å²) in [5.41, 5.74) is 3.19. The molecule has 0 bridgehead atoms. The fourth-order valence-corrected chi connectivity index (χ4v) is 5.30. The first-order valence-electron chi connectivity index (χ1n) is 12.2. The molecule has 5 nitrogen and oxygen atoms in total. The molecule has 1 heterocycles. The Kier molecular flexibility index (Phi) is 8.22. The van der Waals surface area contributed by atoms with E-state index in [9.17, 15) is 9.59 Å². The zero-order valence-electron chi connectivity index (χ0n) is 20.1. The van der Waals surface area contributed by atoms with Crippen LogP contribution in [0.4, 0.5) is 0 Å². The molecular formula is C28H33N3O2S. The van der Waals surface area contributed by atoms with Crippen LogP contribution in [0.15, 0.2) is 76.2 Å². The summed E-state index contributed by atoms with van der Waals surface area (Å²) < 4.78 is 1.77. The number of allylic oxidation sites excluding steroid dienone is 2. The van der Waals surface area contributed by atoms with Gasteiger partial charge in [-0.05, 0) is 63.6 Å². The third-order valence-electron chi connectivity index (χ3n) is 6.33. The van der Waals surface area contributed by atoms with Crippen LogP contribution in [0.5, 0.6) is 0 Å². The molecule has 0 radical (unpaired) electrons. The predicted octanol–water partition coefficient (Wildman–Crippen LogP) is 5.82. The van der Waals surface area contributed by atoms with E-state index in [1.54, 1.807) is 4.57 Å². The molecule has 0 spiro atoms. The molecule has 0 unspecified atom stereocenters. The summed E-state index contributed by atoms with van der Waals surface area (Å²) in [6.07, 6.45) is 7.89. The van der Waals surface area contributed by atoms with Gasteiger partial charge in [0.25, 0.3) is 5.56 Å². The van der Waals surface area contributed by atoms with E-state index in [4.69, 9.17) is 4.98 Å². The molecule has 3 aromatic rings. The van der Waals surface area contributed by atoms with E-state index in [2.05, 4.69) is 6.08 Å². The quantitative estimate of drug-likeness (QED) is 0.222. The first-order valence-corrected chi connectivity index (χ1v) is 13.1. The molecule has 34 heavy (non-hydrogen) atoms. The Morgan fingerprint density at radius 2 is 1.85 bits per heavy atom. The van der Waals surface area contributed by atoms with Gasteiger partial charge in [0, 0.05) is 19.1 Å². The Bertz CT molecular complexity index is 1220. The molecular weight excluding hydrogens is 442 g/mol. The Hall–Kier alpha value is -2.86. The lowest BCUT2D eigenvalue weighted by Crippen LogP contribution is -2.37. The Balaban J connectivity index is 1.55. The number of benzene rings is 2. The number of hydrogen-bond acceptors (Lipinski definition) is 4. The standard InChI is InChI=1S/C28H33N3O2S/c1-21(2)31(19-23-13-7-4-8-14-23)26(32)20-34-28-29-25-16-10-9-15-24(25)27(33)30(28)18-17-22-11-5-3-6-12-22/h4,7-11,13-16,21H,3,5-6,12,17-20H2,1-2H3. The van der Waals surface area contributed by atoms with Gasteiger partial charge in [-0.2, -0.15) is 0 Å². The largest absolute Gasteiger partial charge is 0.335 e. The zero-order chi connectivity index (χ0) is 23.9. The van der Waals surface area contributed by atoms with Crippen molar-refractivity contribution in [2.45, 2.75) is 70.2 Å². The average Bonchev–Trinajstić information content (AvgIpc) is 2.86. The molecule has 1 aromatic heterocycles. The van der Waals surface area contributed by atoms with Gasteiger partial charge >= 0.3 is 0 Å². The van der Waals surface area contributed by atoms with Gasteiger partial charge in [-0.25, -0.2) is 4.98 Å². The minimum Gasteiger partial charge on any atom is -0.335 e. The molecule has 0 aliphatic heterocycles. The predicted molar refractivity (Wildman–Crippen MR) is 140 cm³/mol. The van der Waals surface area contributed by atoms with E-state index in [-0.39, 0.29) is 23.3 Å². The van der Waals surface area contributed by atoms with Crippen LogP contribution in [-0.4, -0.2) is 32.2 Å². The third-order valence-corrected chi connectivity index (χ3v) is 7.29. The SMILES string of the molecule is CC(C)N(Cc1ccccc1)C(=O)CSc1nc2ccccc2c(=O)n1CCC1=CCCCC1. The summed E-state index contributed by atoms with van der Waals surface area (Å²) in [6.45, 7) is 5.24. The zero-order valence-corrected chi connectivity index (χ0v) is 20.9. The van der Waals surface area contributed by atoms with E-state index >= 15 is 0 Å². The molecule has 6 heteroatoms. The normalized spacial score (nSPS) is 13.8. The number of aromatic nitrogens is 2. The van der Waals surface area contributed by atoms with Gasteiger partial charge in [-0.1, -0.05) is 65.9 Å². The lowest BCUT2D eigenvalue weighted by molar-refractivity contribution is -0.130. The number of amides is 1. The summed E-state index contributed by atoms with van der Waals surface area (Å²) >= 11 is 1.37. The molecule has 1 aliphatic rings. The van der Waals surface area contributed by atoms with Crippen LogP contribution in [0.1, 0.15) is 51.5 Å². The van der Waals surface area contributed by atoms with Crippen molar-refractivity contribution in [1.82, 2.24) is 14.5 Å². The highest BCUT2D eigenvalue weighted by Crippen LogP contribution is 2.23. The number of para-hydroxylation sites is 1. The monoisotopic (exact) mass is 475 g/mol. The smallest absolute Gasteiger partial charge is 0.262 e. The number of thioether (sulfide) groups is 1. The Morgan fingerprint density at radius 3 is 2.59 bits per heavy atom. The van der Waals surface area contributed by atoms with Crippen LogP contribution in [0.2, 0.25) is 0 Å². The second-order valence-corrected chi connectivity index (χ2v) is 10.1. The molecule has 0 atom stereocenters. The van der Waals surface area contributed by atoms with Gasteiger partial charge in [-0.3, -0.25) is 14.2 Å². The summed E-state index contributed by atoms with van der Waals surface area (Å²) in [5, 5.41) is 1.25. The summed E-state index contributed by atoms with van der Waals surface area (Å²) in [4.78, 5) is 33.2. The van der Waals surface area contributed by atoms with Crippen molar-refractivity contribution in [3.63, 3.8) is 0 Å². The van der Waals surface area contributed by atoms with Gasteiger partial charge in [0.2, 0.25) is 5.91 Å². The molecule has 0 fully saturated rings. The van der Waals surface area contributed by atoms with Gasteiger partial charge in [0.1, 0.15) is 0 Å². The maximum Gasteiger partial charge on any atom is 0.262 e. The van der Waals surface area contributed by atoms with Crippen molar-refractivity contribution in [2.75, 3.05) is 5.75 Å². The molecule has 178 valence electrons. The summed E-state index contributed by atoms with van der Waals surface area (Å²) in [6, 6.07) is 17.6. The van der Waals surface area contributed by atoms with E-state index < -0.39 is 0 Å². The van der Waals surface area contributed by atoms with Crippen LogP contribution in [0, 0.1) is 0 Å². The minimum atomic E-state index is -0.0260. The fraction of sp³-hybridized carbons (Fsp3) is 0.393. The number of fused-ring (bicyclic) bond motifs is 1. The molecule has 1 amide bonds.